The van der Waals surface area contributed by atoms with E-state index in [9.17, 15) is 9.46 Å². The zero-order valence-corrected chi connectivity index (χ0v) is 15.8. The zero-order valence-electron chi connectivity index (χ0n) is 14.9. The van der Waals surface area contributed by atoms with E-state index < -0.39 is 18.9 Å². The molecule has 0 spiro atoms. The van der Waals surface area contributed by atoms with Gasteiger partial charge in [0.05, 0.1) is 14.2 Å². The molecule has 0 bridgehead atoms. The molecule has 2 aromatic carbocycles. The maximum Gasteiger partial charge on any atom is 0.242 e. The lowest BCUT2D eigenvalue weighted by Crippen LogP contribution is -2.25. The van der Waals surface area contributed by atoms with Gasteiger partial charge in [0.2, 0.25) is 7.37 Å². The van der Waals surface area contributed by atoms with E-state index in [1.165, 1.54) is 0 Å². The van der Waals surface area contributed by atoms with Crippen molar-refractivity contribution in [1.29, 1.82) is 0 Å². The number of hydrogen-bond donors (Lipinski definition) is 3. The predicted molar refractivity (Wildman–Crippen MR) is 99.4 cm³/mol. The minimum Gasteiger partial charge on any atom is -0.497 e. The molecule has 0 aliphatic rings. The largest absolute Gasteiger partial charge is 0.497 e. The van der Waals surface area contributed by atoms with Gasteiger partial charge >= 0.3 is 0 Å². The molecule has 3 N–H and O–H groups in total. The average Bonchev–Trinajstić information content (AvgIpc) is 2.63. The summed E-state index contributed by atoms with van der Waals surface area (Å²) in [6.45, 7) is 0. The van der Waals surface area contributed by atoms with Crippen molar-refractivity contribution in [2.24, 2.45) is 0 Å². The van der Waals surface area contributed by atoms with Crippen LogP contribution in [0.3, 0.4) is 0 Å². The summed E-state index contributed by atoms with van der Waals surface area (Å²) in [4.78, 5) is 11.0. The molecular formula is C18H25N2O4P. The van der Waals surface area contributed by atoms with Crippen LogP contribution in [0.15, 0.2) is 48.5 Å². The number of rotatable bonds is 8. The first-order valence-electron chi connectivity index (χ1n) is 7.92. The summed E-state index contributed by atoms with van der Waals surface area (Å²) in [5.74, 6) is -0.0192. The van der Waals surface area contributed by atoms with Crippen LogP contribution in [0.25, 0.3) is 0 Å². The number of hydrogen-bond acceptors (Lipinski definition) is 5. The molecule has 0 amide bonds. The molecule has 0 aliphatic heterocycles. The van der Waals surface area contributed by atoms with E-state index in [2.05, 4.69) is 10.6 Å². The van der Waals surface area contributed by atoms with Gasteiger partial charge < -0.3 is 25.0 Å². The summed E-state index contributed by atoms with van der Waals surface area (Å²) in [6, 6.07) is 14.3. The molecule has 0 saturated carbocycles. The van der Waals surface area contributed by atoms with Crippen molar-refractivity contribution in [3.63, 3.8) is 0 Å². The van der Waals surface area contributed by atoms with Gasteiger partial charge in [0, 0.05) is 0 Å². The summed E-state index contributed by atoms with van der Waals surface area (Å²) in [5.41, 5.74) is 1.45. The van der Waals surface area contributed by atoms with Crippen LogP contribution in [-0.2, 0) is 4.57 Å². The summed E-state index contributed by atoms with van der Waals surface area (Å²) in [6.07, 6.45) is 0. The molecule has 0 aromatic heterocycles. The maximum absolute atomic E-state index is 13.4. The van der Waals surface area contributed by atoms with E-state index in [-0.39, 0.29) is 0 Å². The Labute approximate surface area is 148 Å². The highest BCUT2D eigenvalue weighted by atomic mass is 31.2. The van der Waals surface area contributed by atoms with E-state index in [1.54, 1.807) is 76.8 Å². The Kier molecular flexibility index (Phi) is 6.62. The first kappa shape index (κ1) is 19.5. The number of ether oxygens (including phenoxy) is 2. The van der Waals surface area contributed by atoms with Crippen LogP contribution in [0.1, 0.15) is 22.7 Å². The first-order chi connectivity index (χ1) is 12.0. The summed E-state index contributed by atoms with van der Waals surface area (Å²) in [5, 5.41) is 5.97. The molecule has 6 nitrogen and oxygen atoms in total. The van der Waals surface area contributed by atoms with Gasteiger partial charge in [-0.15, -0.1) is 0 Å². The second-order valence-corrected chi connectivity index (χ2v) is 7.98. The summed E-state index contributed by atoms with van der Waals surface area (Å²) < 4.78 is 23.7. The first-order valence-corrected chi connectivity index (χ1v) is 9.72. The fourth-order valence-electron chi connectivity index (χ4n) is 2.85. The molecular weight excluding hydrogens is 339 g/mol. The summed E-state index contributed by atoms with van der Waals surface area (Å²) in [7, 11) is 2.82. The lowest BCUT2D eigenvalue weighted by atomic mass is 10.2. The Balaban J connectivity index is 2.37. The van der Waals surface area contributed by atoms with Crippen LogP contribution in [0.4, 0.5) is 0 Å². The van der Waals surface area contributed by atoms with Crippen LogP contribution < -0.4 is 20.1 Å². The Hall–Kier alpha value is -1.85. The molecule has 0 aliphatic carbocycles. The van der Waals surface area contributed by atoms with Crippen LogP contribution in [0, 0.1) is 0 Å². The molecule has 0 fully saturated rings. The van der Waals surface area contributed by atoms with Crippen LogP contribution in [0.5, 0.6) is 11.5 Å². The van der Waals surface area contributed by atoms with Crippen molar-refractivity contribution in [3.8, 4) is 11.5 Å². The molecule has 0 heterocycles. The van der Waals surface area contributed by atoms with Crippen molar-refractivity contribution < 1.29 is 18.9 Å². The average molecular weight is 364 g/mol. The number of benzene rings is 2. The minimum absolute atomic E-state index is 0.701. The highest BCUT2D eigenvalue weighted by Crippen LogP contribution is 2.63. The van der Waals surface area contributed by atoms with Gasteiger partial charge in [0.25, 0.3) is 0 Å². The normalized spacial score (nSPS) is 15.9. The Morgan fingerprint density at radius 1 is 0.800 bits per heavy atom. The third-order valence-electron chi connectivity index (χ3n) is 4.15. The van der Waals surface area contributed by atoms with Crippen LogP contribution >= 0.6 is 7.37 Å². The third kappa shape index (κ3) is 4.22. The standard InChI is InChI=1S/C18H25N2O4P/c1-19-17(13-5-9-15(23-3)10-6-13)25(21,22)18(20-2)14-7-11-16(24-4)12-8-14/h5-12,17-20H,1-4H3,(H,21,22). The van der Waals surface area contributed by atoms with Crippen molar-refractivity contribution in [1.82, 2.24) is 10.6 Å². The van der Waals surface area contributed by atoms with Crippen molar-refractivity contribution >= 4 is 7.37 Å². The van der Waals surface area contributed by atoms with E-state index in [0.29, 0.717) is 11.5 Å². The number of nitrogens with one attached hydrogen (secondary N) is 2. The van der Waals surface area contributed by atoms with E-state index in [1.807, 2.05) is 0 Å². The van der Waals surface area contributed by atoms with Crippen molar-refractivity contribution in [2.75, 3.05) is 28.3 Å². The molecule has 2 atom stereocenters. The number of methoxy groups -OCH3 is 2. The Morgan fingerprint density at radius 2 is 1.12 bits per heavy atom. The molecule has 2 aromatic rings. The monoisotopic (exact) mass is 364 g/mol. The minimum atomic E-state index is -3.71. The zero-order chi connectivity index (χ0) is 18.4. The molecule has 0 radical (unpaired) electrons. The van der Waals surface area contributed by atoms with E-state index in [4.69, 9.17) is 9.47 Å². The fraction of sp³-hybridized carbons (Fsp3) is 0.333. The lowest BCUT2D eigenvalue weighted by Gasteiger charge is -2.30. The molecule has 136 valence electrons. The van der Waals surface area contributed by atoms with Gasteiger partial charge in [-0.1, -0.05) is 24.3 Å². The fourth-order valence-corrected chi connectivity index (χ4v) is 5.09. The molecule has 2 rings (SSSR count). The van der Waals surface area contributed by atoms with Gasteiger partial charge in [-0.3, -0.25) is 4.57 Å². The predicted octanol–water partition coefficient (Wildman–Crippen LogP) is 3.11. The molecule has 2 unspecified atom stereocenters. The Bertz CT molecular complexity index is 659. The molecule has 7 heteroatoms. The molecule has 25 heavy (non-hydrogen) atoms. The SMILES string of the molecule is CNC(c1ccc(OC)cc1)P(=O)(O)C(NC)c1ccc(OC)cc1. The van der Waals surface area contributed by atoms with E-state index in [0.717, 1.165) is 11.1 Å². The summed E-state index contributed by atoms with van der Waals surface area (Å²) >= 11 is 0. The second-order valence-electron chi connectivity index (χ2n) is 5.60. The van der Waals surface area contributed by atoms with Gasteiger partial charge in [-0.2, -0.15) is 0 Å². The smallest absolute Gasteiger partial charge is 0.242 e. The van der Waals surface area contributed by atoms with Gasteiger partial charge in [-0.05, 0) is 49.5 Å². The highest BCUT2D eigenvalue weighted by Gasteiger charge is 2.39. The lowest BCUT2D eigenvalue weighted by molar-refractivity contribution is 0.413. The highest BCUT2D eigenvalue weighted by molar-refractivity contribution is 7.58. The third-order valence-corrected chi connectivity index (χ3v) is 6.74. The van der Waals surface area contributed by atoms with Gasteiger partial charge in [0.1, 0.15) is 23.1 Å². The van der Waals surface area contributed by atoms with Gasteiger partial charge in [-0.25, -0.2) is 0 Å². The van der Waals surface area contributed by atoms with Crippen molar-refractivity contribution in [3.05, 3.63) is 59.7 Å². The second kappa shape index (κ2) is 8.50. The quantitative estimate of drug-likeness (QED) is 0.625. The van der Waals surface area contributed by atoms with Crippen LogP contribution in [-0.4, -0.2) is 33.2 Å². The molecule has 0 saturated heterocycles. The van der Waals surface area contributed by atoms with Crippen LogP contribution in [0.2, 0.25) is 0 Å². The van der Waals surface area contributed by atoms with E-state index >= 15 is 0 Å². The topological polar surface area (TPSA) is 79.8 Å². The Morgan fingerprint density at radius 3 is 1.36 bits per heavy atom. The van der Waals surface area contributed by atoms with Crippen molar-refractivity contribution in [2.45, 2.75) is 11.6 Å². The van der Waals surface area contributed by atoms with Gasteiger partial charge in [0.15, 0.2) is 0 Å². The maximum atomic E-state index is 13.4.